The lowest BCUT2D eigenvalue weighted by atomic mass is 10.0. The number of hydrogen-bond donors (Lipinski definition) is 2. The second-order valence-electron chi connectivity index (χ2n) is 5.14. The molecule has 0 aliphatic heterocycles. The van der Waals surface area contributed by atoms with Gasteiger partial charge in [-0.25, -0.2) is 0 Å². The molecule has 112 valence electrons. The van der Waals surface area contributed by atoms with E-state index in [0.717, 1.165) is 6.07 Å². The summed E-state index contributed by atoms with van der Waals surface area (Å²) >= 11 is 0. The minimum atomic E-state index is -4.43. The highest BCUT2D eigenvalue weighted by molar-refractivity contribution is 5.97. The molecule has 0 radical (unpaired) electrons. The van der Waals surface area contributed by atoms with Gasteiger partial charge in [0.2, 0.25) is 5.91 Å². The third-order valence-electron chi connectivity index (χ3n) is 2.99. The maximum atomic E-state index is 12.8. The third kappa shape index (κ3) is 3.96. The molecule has 1 aromatic rings. The molecule has 0 spiro atoms. The van der Waals surface area contributed by atoms with Crippen molar-refractivity contribution < 1.29 is 18.0 Å². The summed E-state index contributed by atoms with van der Waals surface area (Å²) < 4.78 is 38.4. The lowest BCUT2D eigenvalue weighted by molar-refractivity contribution is -0.138. The lowest BCUT2D eigenvalue weighted by Gasteiger charge is -2.24. The zero-order valence-corrected chi connectivity index (χ0v) is 12.0. The van der Waals surface area contributed by atoms with E-state index in [4.69, 9.17) is 0 Å². The van der Waals surface area contributed by atoms with Gasteiger partial charge in [-0.05, 0) is 45.0 Å². The Labute approximate surface area is 116 Å². The normalized spacial score (nSPS) is 12.3. The van der Waals surface area contributed by atoms with Crippen LogP contribution in [0.4, 0.5) is 18.9 Å². The van der Waals surface area contributed by atoms with Crippen molar-refractivity contribution in [1.82, 2.24) is 5.32 Å². The van der Waals surface area contributed by atoms with E-state index in [0.29, 0.717) is 6.54 Å². The van der Waals surface area contributed by atoms with Gasteiger partial charge in [0.1, 0.15) is 0 Å². The molecule has 0 saturated carbocycles. The minimum Gasteiger partial charge on any atom is -0.324 e. The largest absolute Gasteiger partial charge is 0.416 e. The predicted molar refractivity (Wildman–Crippen MR) is 72.6 cm³/mol. The first-order valence-corrected chi connectivity index (χ1v) is 6.32. The summed E-state index contributed by atoms with van der Waals surface area (Å²) in [6.07, 6.45) is -4.43. The Kier molecular flexibility index (Phi) is 4.81. The number of carbonyl (C=O) groups is 1. The van der Waals surface area contributed by atoms with Crippen molar-refractivity contribution in [2.24, 2.45) is 0 Å². The summed E-state index contributed by atoms with van der Waals surface area (Å²) in [7, 11) is 0. The van der Waals surface area contributed by atoms with Gasteiger partial charge in [0.25, 0.3) is 0 Å². The highest BCUT2D eigenvalue weighted by atomic mass is 19.4. The molecule has 0 bridgehead atoms. The molecule has 0 heterocycles. The molecule has 0 atom stereocenters. The van der Waals surface area contributed by atoms with Gasteiger partial charge in [-0.15, -0.1) is 0 Å². The maximum Gasteiger partial charge on any atom is 0.416 e. The topological polar surface area (TPSA) is 41.1 Å². The number of nitrogens with one attached hydrogen (secondary N) is 2. The number of halogens is 3. The molecule has 0 aromatic heterocycles. The number of hydrogen-bond acceptors (Lipinski definition) is 2. The van der Waals surface area contributed by atoms with Crippen LogP contribution in [0.2, 0.25) is 0 Å². The van der Waals surface area contributed by atoms with Crippen LogP contribution < -0.4 is 10.6 Å². The van der Waals surface area contributed by atoms with Crippen LogP contribution >= 0.6 is 0 Å². The quantitative estimate of drug-likeness (QED) is 0.892. The lowest BCUT2D eigenvalue weighted by Crippen LogP contribution is -2.49. The van der Waals surface area contributed by atoms with E-state index in [9.17, 15) is 18.0 Å². The molecule has 0 fully saturated rings. The van der Waals surface area contributed by atoms with Gasteiger partial charge in [-0.1, -0.05) is 13.0 Å². The standard InChI is InChI=1S/C14H19F3N2O/c1-5-18-13(3,4)12(20)19-10-7-6-9(2)11(8-10)14(15,16)17/h6-8,18H,5H2,1-4H3,(H,19,20). The fourth-order valence-electron chi connectivity index (χ4n) is 1.81. The Morgan fingerprint density at radius 2 is 1.85 bits per heavy atom. The zero-order chi connectivity index (χ0) is 15.6. The number of carbonyl (C=O) groups excluding carboxylic acids is 1. The predicted octanol–water partition coefficient (Wildman–Crippen LogP) is 3.34. The number of anilines is 1. The first-order chi connectivity index (χ1) is 9.08. The Morgan fingerprint density at radius 3 is 2.35 bits per heavy atom. The smallest absolute Gasteiger partial charge is 0.324 e. The highest BCUT2D eigenvalue weighted by Gasteiger charge is 2.33. The van der Waals surface area contributed by atoms with Crippen LogP contribution in [0.25, 0.3) is 0 Å². The summed E-state index contributed by atoms with van der Waals surface area (Å²) in [5, 5.41) is 5.47. The first-order valence-electron chi connectivity index (χ1n) is 6.32. The van der Waals surface area contributed by atoms with Crippen molar-refractivity contribution >= 4 is 11.6 Å². The van der Waals surface area contributed by atoms with E-state index in [-0.39, 0.29) is 17.2 Å². The Morgan fingerprint density at radius 1 is 1.25 bits per heavy atom. The van der Waals surface area contributed by atoms with Gasteiger partial charge in [0.15, 0.2) is 0 Å². The van der Waals surface area contributed by atoms with E-state index in [1.807, 2.05) is 6.92 Å². The molecule has 0 unspecified atom stereocenters. The van der Waals surface area contributed by atoms with Crippen molar-refractivity contribution in [1.29, 1.82) is 0 Å². The van der Waals surface area contributed by atoms with Gasteiger partial charge >= 0.3 is 6.18 Å². The molecule has 1 rings (SSSR count). The molecular weight excluding hydrogens is 269 g/mol. The molecule has 20 heavy (non-hydrogen) atoms. The van der Waals surface area contributed by atoms with Crippen LogP contribution in [0.5, 0.6) is 0 Å². The molecule has 2 N–H and O–H groups in total. The van der Waals surface area contributed by atoms with Crippen LogP contribution in [0.1, 0.15) is 31.9 Å². The van der Waals surface area contributed by atoms with Crippen LogP contribution in [-0.2, 0) is 11.0 Å². The van der Waals surface area contributed by atoms with Crippen LogP contribution in [0.15, 0.2) is 18.2 Å². The maximum absolute atomic E-state index is 12.8. The minimum absolute atomic E-state index is 0.126. The molecule has 3 nitrogen and oxygen atoms in total. The van der Waals surface area contributed by atoms with Crippen LogP contribution in [0.3, 0.4) is 0 Å². The van der Waals surface area contributed by atoms with E-state index in [2.05, 4.69) is 10.6 Å². The summed E-state index contributed by atoms with van der Waals surface area (Å²) in [6, 6.07) is 3.76. The van der Waals surface area contributed by atoms with Gasteiger partial charge in [-0.2, -0.15) is 13.2 Å². The molecule has 0 aliphatic carbocycles. The van der Waals surface area contributed by atoms with Gasteiger partial charge < -0.3 is 10.6 Å². The van der Waals surface area contributed by atoms with Gasteiger partial charge in [0, 0.05) is 5.69 Å². The molecule has 1 aromatic carbocycles. The number of aryl methyl sites for hydroxylation is 1. The molecular formula is C14H19F3N2O. The van der Waals surface area contributed by atoms with E-state index < -0.39 is 17.3 Å². The van der Waals surface area contributed by atoms with E-state index >= 15 is 0 Å². The SMILES string of the molecule is CCNC(C)(C)C(=O)Nc1ccc(C)c(C(F)(F)F)c1. The average molecular weight is 288 g/mol. The average Bonchev–Trinajstić information content (AvgIpc) is 2.30. The van der Waals surface area contributed by atoms with Crippen LogP contribution in [-0.4, -0.2) is 18.0 Å². The number of rotatable bonds is 4. The summed E-state index contributed by atoms with van der Waals surface area (Å²) in [6.45, 7) is 7.16. The van der Waals surface area contributed by atoms with Crippen molar-refractivity contribution in [3.8, 4) is 0 Å². The second-order valence-corrected chi connectivity index (χ2v) is 5.14. The third-order valence-corrected chi connectivity index (χ3v) is 2.99. The Bertz CT molecular complexity index is 496. The number of benzene rings is 1. The fourth-order valence-corrected chi connectivity index (χ4v) is 1.81. The summed E-state index contributed by atoms with van der Waals surface area (Å²) in [4.78, 5) is 12.0. The fraction of sp³-hybridized carbons (Fsp3) is 0.500. The summed E-state index contributed by atoms with van der Waals surface area (Å²) in [5.74, 6) is -0.378. The number of amides is 1. The Hall–Kier alpha value is -1.56. The van der Waals surface area contributed by atoms with Crippen molar-refractivity contribution in [3.63, 3.8) is 0 Å². The van der Waals surface area contributed by atoms with Crippen molar-refractivity contribution in [2.75, 3.05) is 11.9 Å². The first kappa shape index (κ1) is 16.5. The number of alkyl halides is 3. The summed E-state index contributed by atoms with van der Waals surface area (Å²) in [5.41, 5.74) is -1.32. The second kappa shape index (κ2) is 5.83. The molecule has 0 saturated heterocycles. The molecule has 6 heteroatoms. The van der Waals surface area contributed by atoms with Crippen molar-refractivity contribution in [2.45, 2.75) is 39.4 Å². The monoisotopic (exact) mass is 288 g/mol. The van der Waals surface area contributed by atoms with Crippen LogP contribution in [0, 0.1) is 6.92 Å². The highest BCUT2D eigenvalue weighted by Crippen LogP contribution is 2.33. The van der Waals surface area contributed by atoms with Gasteiger partial charge in [-0.3, -0.25) is 4.79 Å². The van der Waals surface area contributed by atoms with E-state index in [1.54, 1.807) is 13.8 Å². The van der Waals surface area contributed by atoms with Crippen molar-refractivity contribution in [3.05, 3.63) is 29.3 Å². The Balaban J connectivity index is 2.97. The molecule has 1 amide bonds. The molecule has 0 aliphatic rings. The van der Waals surface area contributed by atoms with Gasteiger partial charge in [0.05, 0.1) is 11.1 Å². The zero-order valence-electron chi connectivity index (χ0n) is 12.0. The number of likely N-dealkylation sites (N-methyl/N-ethyl adjacent to an activating group) is 1. The van der Waals surface area contributed by atoms with E-state index in [1.165, 1.54) is 19.1 Å².